The van der Waals surface area contributed by atoms with Gasteiger partial charge < -0.3 is 10.6 Å². The van der Waals surface area contributed by atoms with Crippen LogP contribution in [0.5, 0.6) is 0 Å². The van der Waals surface area contributed by atoms with E-state index in [1.165, 1.54) is 116 Å². The summed E-state index contributed by atoms with van der Waals surface area (Å²) in [6.07, 6.45) is 24.1. The third-order valence-electron chi connectivity index (χ3n) is 4.73. The number of rotatable bonds is 18. The highest BCUT2D eigenvalue weighted by Gasteiger charge is 1.94. The summed E-state index contributed by atoms with van der Waals surface area (Å²) in [7, 11) is 4.17. The number of hydrogen-bond acceptors (Lipinski definition) is 2. The van der Waals surface area contributed by atoms with E-state index in [9.17, 15) is 0 Å². The van der Waals surface area contributed by atoms with Crippen molar-refractivity contribution < 1.29 is 0 Å². The first kappa shape index (κ1) is 27.1. The number of unbranched alkanes of at least 4 members (excludes halogenated alkanes) is 15. The van der Waals surface area contributed by atoms with Crippen LogP contribution in [0.4, 0.5) is 0 Å². The first-order valence-electron chi connectivity index (χ1n) is 11.5. The Kier molecular flexibility index (Phi) is 28.4. The van der Waals surface area contributed by atoms with Crippen LogP contribution in [-0.2, 0) is 0 Å². The summed E-state index contributed by atoms with van der Waals surface area (Å²) < 4.78 is 0. The second kappa shape index (κ2) is 26.2. The highest BCUT2D eigenvalue weighted by atomic mass is 15.0. The zero-order valence-electron chi connectivity index (χ0n) is 18.5. The molecule has 2 heteroatoms. The molecule has 0 atom stereocenters. The van der Waals surface area contributed by atoms with Crippen molar-refractivity contribution in [1.29, 1.82) is 0 Å². The van der Waals surface area contributed by atoms with Gasteiger partial charge in [0.15, 0.2) is 0 Å². The highest BCUT2D eigenvalue weighted by molar-refractivity contribution is 4.50. The van der Waals surface area contributed by atoms with Crippen molar-refractivity contribution in [3.8, 4) is 0 Å². The average molecular weight is 357 g/mol. The maximum absolute atomic E-state index is 5.48. The van der Waals surface area contributed by atoms with Crippen molar-refractivity contribution in [1.82, 2.24) is 4.90 Å². The van der Waals surface area contributed by atoms with Crippen LogP contribution in [0.3, 0.4) is 0 Å². The van der Waals surface area contributed by atoms with Gasteiger partial charge in [-0.05, 0) is 40.0 Å². The molecule has 0 bridgehead atoms. The predicted molar refractivity (Wildman–Crippen MR) is 117 cm³/mol. The maximum atomic E-state index is 5.48. The molecule has 0 saturated carbocycles. The molecule has 0 radical (unpaired) electrons. The SMILES string of the molecule is CCCCCCCCCCCCCCCCCCN.CCCN(C)C. The van der Waals surface area contributed by atoms with Gasteiger partial charge in [0.1, 0.15) is 0 Å². The first-order valence-corrected chi connectivity index (χ1v) is 11.5. The Morgan fingerprint density at radius 1 is 0.480 bits per heavy atom. The molecule has 0 unspecified atom stereocenters. The minimum absolute atomic E-state index is 0.873. The van der Waals surface area contributed by atoms with Crippen molar-refractivity contribution in [2.45, 2.75) is 123 Å². The summed E-state index contributed by atoms with van der Waals surface area (Å²) in [5.74, 6) is 0. The summed E-state index contributed by atoms with van der Waals surface area (Å²) in [5.41, 5.74) is 5.48. The van der Waals surface area contributed by atoms with E-state index in [0.717, 1.165) is 6.54 Å². The van der Waals surface area contributed by atoms with E-state index >= 15 is 0 Å². The monoisotopic (exact) mass is 356 g/mol. The number of nitrogens with zero attached hydrogens (tertiary/aromatic N) is 1. The van der Waals surface area contributed by atoms with Gasteiger partial charge in [0.25, 0.3) is 0 Å². The van der Waals surface area contributed by atoms with E-state index in [2.05, 4.69) is 32.8 Å². The Labute approximate surface area is 161 Å². The second-order valence-electron chi connectivity index (χ2n) is 7.90. The molecule has 0 aromatic carbocycles. The largest absolute Gasteiger partial charge is 0.330 e. The minimum Gasteiger partial charge on any atom is -0.330 e. The molecular weight excluding hydrogens is 304 g/mol. The Morgan fingerprint density at radius 2 is 0.800 bits per heavy atom. The van der Waals surface area contributed by atoms with Gasteiger partial charge >= 0.3 is 0 Å². The van der Waals surface area contributed by atoms with Gasteiger partial charge in [-0.2, -0.15) is 0 Å². The predicted octanol–water partition coefficient (Wildman–Crippen LogP) is 7.16. The lowest BCUT2D eigenvalue weighted by Gasteiger charge is -2.03. The average Bonchev–Trinajstić information content (AvgIpc) is 2.59. The summed E-state index contributed by atoms with van der Waals surface area (Å²) in [5, 5.41) is 0. The molecule has 2 N–H and O–H groups in total. The molecule has 0 heterocycles. The molecule has 0 fully saturated rings. The maximum Gasteiger partial charge on any atom is -0.00275 e. The van der Waals surface area contributed by atoms with Crippen molar-refractivity contribution in [3.63, 3.8) is 0 Å². The van der Waals surface area contributed by atoms with Crippen LogP contribution in [0.2, 0.25) is 0 Å². The molecule has 25 heavy (non-hydrogen) atoms. The fourth-order valence-corrected chi connectivity index (χ4v) is 3.14. The van der Waals surface area contributed by atoms with E-state index < -0.39 is 0 Å². The fourth-order valence-electron chi connectivity index (χ4n) is 3.14. The zero-order chi connectivity index (χ0) is 19.0. The molecule has 0 aliphatic rings. The molecule has 0 saturated heterocycles. The van der Waals surface area contributed by atoms with Gasteiger partial charge in [-0.25, -0.2) is 0 Å². The van der Waals surface area contributed by atoms with Crippen molar-refractivity contribution >= 4 is 0 Å². The lowest BCUT2D eigenvalue weighted by Crippen LogP contribution is -2.11. The van der Waals surface area contributed by atoms with Crippen molar-refractivity contribution in [3.05, 3.63) is 0 Å². The smallest absolute Gasteiger partial charge is 0.00275 e. The normalized spacial score (nSPS) is 10.8. The van der Waals surface area contributed by atoms with Crippen LogP contribution in [0, 0.1) is 0 Å². The topological polar surface area (TPSA) is 29.3 Å². The van der Waals surface area contributed by atoms with E-state index in [1.54, 1.807) is 0 Å². The quantitative estimate of drug-likeness (QED) is 0.264. The number of nitrogens with two attached hydrogens (primary N) is 1. The standard InChI is InChI=1S/C18H39N.C5H13N/c1-2-3-4-5-6-7-8-9-10-11-12-13-14-15-16-17-18-19;1-4-5-6(2)3/h2-19H2,1H3;4-5H2,1-3H3. The van der Waals surface area contributed by atoms with E-state index in [-0.39, 0.29) is 0 Å². The molecule has 154 valence electrons. The van der Waals surface area contributed by atoms with Gasteiger partial charge in [0, 0.05) is 0 Å². The Hall–Kier alpha value is -0.0800. The zero-order valence-corrected chi connectivity index (χ0v) is 18.5. The summed E-state index contributed by atoms with van der Waals surface area (Å²) in [6.45, 7) is 6.55. The molecular formula is C23H52N2. The molecule has 0 rings (SSSR count). The molecule has 0 aromatic rings. The molecule has 0 aliphatic heterocycles. The van der Waals surface area contributed by atoms with E-state index in [0.29, 0.717) is 0 Å². The third kappa shape index (κ3) is 32.1. The Bertz CT molecular complexity index is 188. The third-order valence-corrected chi connectivity index (χ3v) is 4.73. The van der Waals surface area contributed by atoms with Gasteiger partial charge in [-0.3, -0.25) is 0 Å². The van der Waals surface area contributed by atoms with Gasteiger partial charge in [0.2, 0.25) is 0 Å². The van der Waals surface area contributed by atoms with Gasteiger partial charge in [-0.1, -0.05) is 110 Å². The summed E-state index contributed by atoms with van der Waals surface area (Å²) >= 11 is 0. The molecule has 0 aromatic heterocycles. The van der Waals surface area contributed by atoms with Crippen molar-refractivity contribution in [2.75, 3.05) is 27.2 Å². The van der Waals surface area contributed by atoms with Crippen LogP contribution in [-0.4, -0.2) is 32.1 Å². The number of hydrogen-bond donors (Lipinski definition) is 1. The summed E-state index contributed by atoms with van der Waals surface area (Å²) in [6, 6.07) is 0. The van der Waals surface area contributed by atoms with Crippen LogP contribution in [0.1, 0.15) is 123 Å². The highest BCUT2D eigenvalue weighted by Crippen LogP contribution is 2.13. The second-order valence-corrected chi connectivity index (χ2v) is 7.90. The van der Waals surface area contributed by atoms with Crippen molar-refractivity contribution in [2.24, 2.45) is 5.73 Å². The molecule has 0 amide bonds. The molecule has 2 nitrogen and oxygen atoms in total. The molecule has 0 spiro atoms. The Morgan fingerprint density at radius 3 is 1.00 bits per heavy atom. The van der Waals surface area contributed by atoms with E-state index in [4.69, 9.17) is 5.73 Å². The lowest BCUT2D eigenvalue weighted by atomic mass is 10.0. The molecule has 0 aliphatic carbocycles. The lowest BCUT2D eigenvalue weighted by molar-refractivity contribution is 0.408. The first-order chi connectivity index (χ1) is 12.2. The van der Waals surface area contributed by atoms with Crippen LogP contribution in [0.15, 0.2) is 0 Å². The van der Waals surface area contributed by atoms with E-state index in [1.807, 2.05) is 0 Å². The minimum atomic E-state index is 0.873. The van der Waals surface area contributed by atoms with Gasteiger partial charge in [-0.15, -0.1) is 0 Å². The Balaban J connectivity index is 0. The fraction of sp³-hybridized carbons (Fsp3) is 1.00. The van der Waals surface area contributed by atoms with Gasteiger partial charge in [0.05, 0.1) is 0 Å². The summed E-state index contributed by atoms with van der Waals surface area (Å²) in [4.78, 5) is 2.18. The van der Waals surface area contributed by atoms with Crippen LogP contribution < -0.4 is 5.73 Å². The van der Waals surface area contributed by atoms with Crippen LogP contribution >= 0.6 is 0 Å². The van der Waals surface area contributed by atoms with Crippen LogP contribution in [0.25, 0.3) is 0 Å².